The summed E-state index contributed by atoms with van der Waals surface area (Å²) < 4.78 is 33.5. The van der Waals surface area contributed by atoms with E-state index in [1.165, 1.54) is 0 Å². The third-order valence-corrected chi connectivity index (χ3v) is 7.71. The van der Waals surface area contributed by atoms with Crippen molar-refractivity contribution in [3.63, 3.8) is 0 Å². The first-order valence-corrected chi connectivity index (χ1v) is 14.2. The number of rotatable bonds is 14. The van der Waals surface area contributed by atoms with Gasteiger partial charge in [-0.05, 0) is 0 Å². The largest absolute Gasteiger partial charge is 0.394 e. The fourth-order valence-corrected chi connectivity index (χ4v) is 5.20. The van der Waals surface area contributed by atoms with E-state index < -0.39 is 137 Å². The van der Waals surface area contributed by atoms with Gasteiger partial charge >= 0.3 is 0 Å². The Morgan fingerprint density at radius 2 is 0.773 bits per heavy atom. The Bertz CT molecular complexity index is 754. The van der Waals surface area contributed by atoms with Gasteiger partial charge in [-0.3, -0.25) is 0 Å². The summed E-state index contributed by atoms with van der Waals surface area (Å²) >= 11 is 0. The van der Waals surface area contributed by atoms with E-state index in [2.05, 4.69) is 5.32 Å². The monoisotopic (exact) mass is 649 g/mol. The lowest BCUT2D eigenvalue weighted by Gasteiger charge is -2.45. The molecule has 3 fully saturated rings. The minimum Gasteiger partial charge on any atom is -0.394 e. The van der Waals surface area contributed by atoms with Crippen LogP contribution in [0.5, 0.6) is 0 Å². The van der Waals surface area contributed by atoms with Gasteiger partial charge in [-0.25, -0.2) is 0 Å². The molecule has 0 saturated carbocycles. The molecular formula is C25H47NO18. The van der Waals surface area contributed by atoms with Crippen LogP contribution in [0.15, 0.2) is 0 Å². The van der Waals surface area contributed by atoms with Gasteiger partial charge < -0.3 is 95.0 Å². The van der Waals surface area contributed by atoms with Crippen LogP contribution in [0, 0.1) is 0 Å². The zero-order valence-electron chi connectivity index (χ0n) is 24.3. The maximum absolute atomic E-state index is 10.5. The van der Waals surface area contributed by atoms with E-state index in [4.69, 9.17) is 28.4 Å². The highest BCUT2D eigenvalue weighted by Crippen LogP contribution is 2.28. The Kier molecular flexibility index (Phi) is 14.0. The van der Waals surface area contributed by atoms with Gasteiger partial charge in [-0.1, -0.05) is 13.8 Å². The summed E-state index contributed by atoms with van der Waals surface area (Å²) in [6.45, 7) is -0.273. The SMILES string of the molecule is CC(C)NC(COC1OC(CO)[C@@H](O)[C@H](O)[C@@H]1O)(COC1OC(CO)[C@@H](O)[C@H](O)[C@@H]1O)COC1OC(CO)[C@@H](O)[C@H](O)[C@@H]1O. The van der Waals surface area contributed by atoms with Gasteiger partial charge in [0.25, 0.3) is 0 Å². The smallest absolute Gasteiger partial charge is 0.186 e. The van der Waals surface area contributed by atoms with Crippen LogP contribution >= 0.6 is 0 Å². The van der Waals surface area contributed by atoms with E-state index >= 15 is 0 Å². The number of aliphatic hydroxyl groups excluding tert-OH is 12. The Morgan fingerprint density at radius 1 is 0.500 bits per heavy atom. The highest BCUT2D eigenvalue weighted by molar-refractivity contribution is 4.96. The minimum atomic E-state index is -1.78. The molecule has 3 aliphatic rings. The summed E-state index contributed by atoms with van der Waals surface area (Å²) in [5.41, 5.74) is -1.56. The molecule has 0 aliphatic carbocycles. The molecule has 0 aromatic carbocycles. The van der Waals surface area contributed by atoms with Crippen molar-refractivity contribution < 1.29 is 89.7 Å². The molecule has 0 spiro atoms. The van der Waals surface area contributed by atoms with Crippen molar-refractivity contribution in [3.8, 4) is 0 Å². The third-order valence-electron chi connectivity index (χ3n) is 7.71. The highest BCUT2D eigenvalue weighted by atomic mass is 16.7. The fraction of sp³-hybridized carbons (Fsp3) is 1.00. The summed E-state index contributed by atoms with van der Waals surface area (Å²) in [5, 5.41) is 124. The van der Waals surface area contributed by atoms with Crippen LogP contribution in [-0.2, 0) is 28.4 Å². The average Bonchev–Trinajstić information content (AvgIpc) is 3.00. The number of aliphatic hydroxyl groups is 12. The number of hydrogen-bond acceptors (Lipinski definition) is 19. The van der Waals surface area contributed by atoms with Crippen LogP contribution in [0.2, 0.25) is 0 Å². The van der Waals surface area contributed by atoms with Crippen LogP contribution in [0.3, 0.4) is 0 Å². The van der Waals surface area contributed by atoms with Crippen molar-refractivity contribution in [2.45, 2.75) is 118 Å². The van der Waals surface area contributed by atoms with Crippen LogP contribution in [0.1, 0.15) is 13.8 Å². The van der Waals surface area contributed by atoms with Crippen molar-refractivity contribution in [1.29, 1.82) is 0 Å². The van der Waals surface area contributed by atoms with Crippen molar-refractivity contribution >= 4 is 0 Å². The average molecular weight is 650 g/mol. The lowest BCUT2D eigenvalue weighted by atomic mass is 9.97. The second-order valence-electron chi connectivity index (χ2n) is 11.6. The zero-order chi connectivity index (χ0) is 32.9. The molecular weight excluding hydrogens is 602 g/mol. The molecule has 44 heavy (non-hydrogen) atoms. The first kappa shape index (κ1) is 37.7. The lowest BCUT2D eigenvalue weighted by molar-refractivity contribution is -0.324. The standard InChI is InChI=1S/C25H47NO18/c1-9(2)26-25(6-39-22-19(36)16(33)13(30)10(3-27)42-22,7-40-23-20(37)17(34)14(31)11(4-28)43-23)8-41-24-21(38)18(35)15(32)12(5-29)44-24/h9-24,26-38H,3-8H2,1-2H3/t10?,11?,12?,13-,14-,15-,16+,17+,18+,19+,20+,21+,22?,23?,24?,25?/m1/s1. The molecule has 19 nitrogen and oxygen atoms in total. The van der Waals surface area contributed by atoms with Gasteiger partial charge in [-0.15, -0.1) is 0 Å². The topological polar surface area (TPSA) is 310 Å². The molecule has 0 amide bonds. The van der Waals surface area contributed by atoms with Crippen LogP contribution in [-0.4, -0.2) is 205 Å². The fourth-order valence-electron chi connectivity index (χ4n) is 5.20. The number of nitrogens with one attached hydrogen (secondary N) is 1. The van der Waals surface area contributed by atoms with Crippen LogP contribution in [0.25, 0.3) is 0 Å². The molecule has 3 aliphatic heterocycles. The van der Waals surface area contributed by atoms with E-state index in [9.17, 15) is 61.3 Å². The van der Waals surface area contributed by atoms with E-state index in [-0.39, 0.29) is 6.04 Å². The summed E-state index contributed by atoms with van der Waals surface area (Å²) in [6, 6.07) is -0.384. The summed E-state index contributed by atoms with van der Waals surface area (Å²) in [4.78, 5) is 0. The number of hydrogen-bond donors (Lipinski definition) is 13. The molecule has 0 aromatic rings. The van der Waals surface area contributed by atoms with Gasteiger partial charge in [0.15, 0.2) is 18.9 Å². The van der Waals surface area contributed by atoms with Gasteiger partial charge in [-0.2, -0.15) is 0 Å². The Hall–Kier alpha value is -0.760. The predicted molar refractivity (Wildman–Crippen MR) is 140 cm³/mol. The molecule has 15 atom stereocenters. The van der Waals surface area contributed by atoms with E-state index in [1.807, 2.05) is 0 Å². The maximum Gasteiger partial charge on any atom is 0.186 e. The second-order valence-corrected chi connectivity index (χ2v) is 11.6. The van der Waals surface area contributed by atoms with E-state index in [0.29, 0.717) is 0 Å². The van der Waals surface area contributed by atoms with Gasteiger partial charge in [0.1, 0.15) is 73.2 Å². The molecule has 19 heteroatoms. The molecule has 13 N–H and O–H groups in total. The van der Waals surface area contributed by atoms with E-state index in [0.717, 1.165) is 0 Å². The minimum absolute atomic E-state index is 0.384. The van der Waals surface area contributed by atoms with E-state index in [1.54, 1.807) is 13.8 Å². The summed E-state index contributed by atoms with van der Waals surface area (Å²) in [5.74, 6) is 0. The molecule has 0 radical (unpaired) electrons. The predicted octanol–water partition coefficient (Wildman–Crippen LogP) is -7.83. The van der Waals surface area contributed by atoms with Crippen molar-refractivity contribution in [3.05, 3.63) is 0 Å². The lowest BCUT2D eigenvalue weighted by Crippen LogP contribution is -2.65. The Morgan fingerprint density at radius 3 is 1.00 bits per heavy atom. The first-order chi connectivity index (χ1) is 20.7. The molecule has 3 rings (SSSR count). The number of ether oxygens (including phenoxy) is 6. The molecule has 0 aromatic heterocycles. The summed E-state index contributed by atoms with van der Waals surface area (Å²) in [7, 11) is 0. The molecule has 0 bridgehead atoms. The van der Waals surface area contributed by atoms with Crippen LogP contribution in [0.4, 0.5) is 0 Å². The Balaban J connectivity index is 1.86. The van der Waals surface area contributed by atoms with Gasteiger partial charge in [0.2, 0.25) is 0 Å². The quantitative estimate of drug-likeness (QED) is 0.0831. The maximum atomic E-state index is 10.5. The molecule has 6 unspecified atom stereocenters. The van der Waals surface area contributed by atoms with Crippen molar-refractivity contribution in [2.24, 2.45) is 0 Å². The highest BCUT2D eigenvalue weighted by Gasteiger charge is 2.49. The second kappa shape index (κ2) is 16.4. The molecule has 3 heterocycles. The normalized spacial score (nSPS) is 44.9. The summed E-state index contributed by atoms with van der Waals surface area (Å²) in [6.07, 6.45) is -24.2. The third kappa shape index (κ3) is 8.58. The molecule has 3 saturated heterocycles. The van der Waals surface area contributed by atoms with Crippen molar-refractivity contribution in [2.75, 3.05) is 39.6 Å². The van der Waals surface area contributed by atoms with Gasteiger partial charge in [0.05, 0.1) is 45.2 Å². The first-order valence-electron chi connectivity index (χ1n) is 14.2. The van der Waals surface area contributed by atoms with Crippen LogP contribution < -0.4 is 5.32 Å². The Labute approximate surface area is 252 Å². The van der Waals surface area contributed by atoms with Gasteiger partial charge in [0, 0.05) is 6.04 Å². The van der Waals surface area contributed by atoms with Crippen molar-refractivity contribution in [1.82, 2.24) is 5.32 Å². The molecule has 260 valence electrons. The zero-order valence-corrected chi connectivity index (χ0v) is 24.3.